The van der Waals surface area contributed by atoms with Gasteiger partial charge in [-0.3, -0.25) is 0 Å². The summed E-state index contributed by atoms with van der Waals surface area (Å²) in [5.41, 5.74) is 0.427. The summed E-state index contributed by atoms with van der Waals surface area (Å²) in [7, 11) is -3.32. The van der Waals surface area contributed by atoms with Crippen molar-refractivity contribution in [2.45, 2.75) is 26.0 Å². The van der Waals surface area contributed by atoms with Crippen molar-refractivity contribution in [3.63, 3.8) is 0 Å². The molecular formula is C10H19N3O3S. The fourth-order valence-corrected chi connectivity index (χ4v) is 2.37. The van der Waals surface area contributed by atoms with Gasteiger partial charge in [-0.15, -0.1) is 0 Å². The Morgan fingerprint density at radius 2 is 2.12 bits per heavy atom. The van der Waals surface area contributed by atoms with Crippen molar-refractivity contribution in [1.82, 2.24) is 15.2 Å². The van der Waals surface area contributed by atoms with Crippen LogP contribution >= 0.6 is 0 Å². The van der Waals surface area contributed by atoms with Gasteiger partial charge in [-0.2, -0.15) is 0 Å². The lowest BCUT2D eigenvalue weighted by Crippen LogP contribution is -2.32. The fourth-order valence-electron chi connectivity index (χ4n) is 1.33. The Kier molecular flexibility index (Phi) is 5.60. The molecule has 6 nitrogen and oxygen atoms in total. The molecule has 0 spiro atoms. The monoisotopic (exact) mass is 261 g/mol. The highest BCUT2D eigenvalue weighted by atomic mass is 32.2. The third-order valence-corrected chi connectivity index (χ3v) is 3.38. The first kappa shape index (κ1) is 14.1. The highest BCUT2D eigenvalue weighted by Gasteiger charge is 2.13. The van der Waals surface area contributed by atoms with Crippen molar-refractivity contribution >= 4 is 10.0 Å². The molecule has 0 aliphatic rings. The van der Waals surface area contributed by atoms with E-state index in [1.165, 1.54) is 0 Å². The average Bonchev–Trinajstić information content (AvgIpc) is 2.62. The smallest absolute Gasteiger partial charge is 0.217 e. The van der Waals surface area contributed by atoms with Crippen LogP contribution in [0.15, 0.2) is 10.6 Å². The van der Waals surface area contributed by atoms with Crippen LogP contribution in [0.3, 0.4) is 0 Å². The molecule has 0 radical (unpaired) electrons. The maximum absolute atomic E-state index is 11.6. The zero-order chi connectivity index (χ0) is 12.7. The topological polar surface area (TPSA) is 84.2 Å². The second-order valence-electron chi connectivity index (χ2n) is 3.83. The Balaban J connectivity index is 2.31. The van der Waals surface area contributed by atoms with Crippen molar-refractivity contribution in [3.05, 3.63) is 17.5 Å². The second kappa shape index (κ2) is 6.73. The maximum Gasteiger partial charge on any atom is 0.217 e. The molecule has 0 atom stereocenters. The molecule has 17 heavy (non-hydrogen) atoms. The molecule has 0 aliphatic carbocycles. The molecule has 1 rings (SSSR count). The SMILES string of the molecule is CCCNCCNS(=O)(=O)Cc1cc(C)on1. The summed E-state index contributed by atoms with van der Waals surface area (Å²) in [6.45, 7) is 5.70. The van der Waals surface area contributed by atoms with Crippen LogP contribution in [0.2, 0.25) is 0 Å². The van der Waals surface area contributed by atoms with Crippen molar-refractivity contribution in [1.29, 1.82) is 0 Å². The molecule has 1 aromatic rings. The molecule has 0 unspecified atom stereocenters. The van der Waals surface area contributed by atoms with Gasteiger partial charge in [0.05, 0.1) is 0 Å². The van der Waals surface area contributed by atoms with Crippen LogP contribution in [-0.4, -0.2) is 33.2 Å². The lowest BCUT2D eigenvalue weighted by atomic mass is 10.4. The van der Waals surface area contributed by atoms with Crippen molar-refractivity contribution < 1.29 is 12.9 Å². The molecule has 2 N–H and O–H groups in total. The van der Waals surface area contributed by atoms with Gasteiger partial charge in [0.15, 0.2) is 0 Å². The summed E-state index contributed by atoms with van der Waals surface area (Å²) < 4.78 is 30.6. The fraction of sp³-hybridized carbons (Fsp3) is 0.700. The third kappa shape index (κ3) is 5.81. The van der Waals surface area contributed by atoms with Crippen LogP contribution in [-0.2, 0) is 15.8 Å². The van der Waals surface area contributed by atoms with Gasteiger partial charge in [-0.25, -0.2) is 13.1 Å². The van der Waals surface area contributed by atoms with Crippen LogP contribution in [0.1, 0.15) is 24.8 Å². The quantitative estimate of drug-likeness (QED) is 0.662. The number of rotatable bonds is 8. The maximum atomic E-state index is 11.6. The summed E-state index contributed by atoms with van der Waals surface area (Å²) in [5, 5.41) is 6.76. The number of hydrogen-bond donors (Lipinski definition) is 2. The number of nitrogens with zero attached hydrogens (tertiary/aromatic N) is 1. The van der Waals surface area contributed by atoms with Gasteiger partial charge in [-0.05, 0) is 19.9 Å². The number of aromatic nitrogens is 1. The zero-order valence-electron chi connectivity index (χ0n) is 10.2. The number of sulfonamides is 1. The molecule has 0 bridgehead atoms. The van der Waals surface area contributed by atoms with E-state index in [0.29, 0.717) is 24.5 Å². The molecule has 0 saturated carbocycles. The summed E-state index contributed by atoms with van der Waals surface area (Å²) in [6, 6.07) is 1.62. The molecule has 98 valence electrons. The lowest BCUT2D eigenvalue weighted by Gasteiger charge is -2.05. The minimum atomic E-state index is -3.32. The van der Waals surface area contributed by atoms with E-state index in [1.807, 2.05) is 0 Å². The van der Waals surface area contributed by atoms with E-state index in [4.69, 9.17) is 4.52 Å². The minimum absolute atomic E-state index is 0.141. The van der Waals surface area contributed by atoms with Crippen molar-refractivity contribution in [2.24, 2.45) is 0 Å². The average molecular weight is 261 g/mol. The van der Waals surface area contributed by atoms with E-state index in [-0.39, 0.29) is 5.75 Å². The van der Waals surface area contributed by atoms with Crippen molar-refractivity contribution in [2.75, 3.05) is 19.6 Å². The largest absolute Gasteiger partial charge is 0.361 e. The van der Waals surface area contributed by atoms with E-state index in [0.717, 1.165) is 13.0 Å². The van der Waals surface area contributed by atoms with Crippen molar-refractivity contribution in [3.8, 4) is 0 Å². The minimum Gasteiger partial charge on any atom is -0.361 e. The summed E-state index contributed by atoms with van der Waals surface area (Å²) in [6.07, 6.45) is 1.03. The van der Waals surface area contributed by atoms with Crippen LogP contribution in [0.25, 0.3) is 0 Å². The molecule has 0 saturated heterocycles. The standard InChI is InChI=1S/C10H19N3O3S/c1-3-4-11-5-6-12-17(14,15)8-10-7-9(2)16-13-10/h7,11-12H,3-6,8H2,1-2H3. The summed E-state index contributed by atoms with van der Waals surface area (Å²) >= 11 is 0. The third-order valence-electron chi connectivity index (χ3n) is 2.07. The molecule has 0 aromatic carbocycles. The summed E-state index contributed by atoms with van der Waals surface area (Å²) in [5.74, 6) is 0.470. The molecule has 1 heterocycles. The first-order chi connectivity index (χ1) is 8.03. The Morgan fingerprint density at radius 1 is 1.35 bits per heavy atom. The molecule has 0 amide bonds. The van der Waals surface area contributed by atoms with Gasteiger partial charge >= 0.3 is 0 Å². The van der Waals surface area contributed by atoms with Crippen LogP contribution in [0.4, 0.5) is 0 Å². The van der Waals surface area contributed by atoms with E-state index in [9.17, 15) is 8.42 Å². The van der Waals surface area contributed by atoms with E-state index in [1.54, 1.807) is 13.0 Å². The zero-order valence-corrected chi connectivity index (χ0v) is 11.0. The van der Waals surface area contributed by atoms with E-state index >= 15 is 0 Å². The lowest BCUT2D eigenvalue weighted by molar-refractivity contribution is 0.392. The molecule has 0 aliphatic heterocycles. The molecule has 7 heteroatoms. The van der Waals surface area contributed by atoms with Gasteiger partial charge in [0, 0.05) is 19.2 Å². The van der Waals surface area contributed by atoms with Gasteiger partial charge < -0.3 is 9.84 Å². The van der Waals surface area contributed by atoms with E-state index < -0.39 is 10.0 Å². The Bertz CT molecular complexity index is 428. The Hall–Kier alpha value is -0.920. The van der Waals surface area contributed by atoms with Gasteiger partial charge in [0.1, 0.15) is 17.2 Å². The molecular weight excluding hydrogens is 242 g/mol. The van der Waals surface area contributed by atoms with Gasteiger partial charge in [-0.1, -0.05) is 12.1 Å². The predicted molar refractivity (Wildman–Crippen MR) is 65.0 cm³/mol. The predicted octanol–water partition coefficient (Wildman–Crippen LogP) is 0.402. The highest BCUT2D eigenvalue weighted by Crippen LogP contribution is 2.05. The normalized spacial score (nSPS) is 11.9. The summed E-state index contributed by atoms with van der Waals surface area (Å²) in [4.78, 5) is 0. The van der Waals surface area contributed by atoms with Crippen LogP contribution in [0, 0.1) is 6.92 Å². The van der Waals surface area contributed by atoms with Crippen LogP contribution < -0.4 is 10.0 Å². The van der Waals surface area contributed by atoms with Gasteiger partial charge in [0.2, 0.25) is 10.0 Å². The molecule has 0 fully saturated rings. The number of nitrogens with one attached hydrogen (secondary N) is 2. The Morgan fingerprint density at radius 3 is 2.71 bits per heavy atom. The first-order valence-corrected chi connectivity index (χ1v) is 7.29. The number of aryl methyl sites for hydroxylation is 1. The second-order valence-corrected chi connectivity index (χ2v) is 5.64. The Labute approximate surface area is 102 Å². The van der Waals surface area contributed by atoms with E-state index in [2.05, 4.69) is 22.1 Å². The van der Waals surface area contributed by atoms with Crippen LogP contribution in [0.5, 0.6) is 0 Å². The molecule has 1 aromatic heterocycles. The number of hydrogen-bond acceptors (Lipinski definition) is 5. The first-order valence-electron chi connectivity index (χ1n) is 5.64. The highest BCUT2D eigenvalue weighted by molar-refractivity contribution is 7.88. The van der Waals surface area contributed by atoms with Gasteiger partial charge in [0.25, 0.3) is 0 Å².